The number of aromatic nitrogens is 1. The summed E-state index contributed by atoms with van der Waals surface area (Å²) in [5.74, 6) is 1.35. The average molecular weight is 572 g/mol. The summed E-state index contributed by atoms with van der Waals surface area (Å²) in [4.78, 5) is 16.9. The van der Waals surface area contributed by atoms with Gasteiger partial charge in [0.05, 0.1) is 11.8 Å². The summed E-state index contributed by atoms with van der Waals surface area (Å²) in [6.07, 6.45) is 3.10. The van der Waals surface area contributed by atoms with Crippen molar-refractivity contribution in [2.45, 2.75) is 72.8 Å². The van der Waals surface area contributed by atoms with Crippen LogP contribution in [0.1, 0.15) is 62.6 Å². The van der Waals surface area contributed by atoms with Crippen molar-refractivity contribution in [2.24, 2.45) is 5.92 Å². The summed E-state index contributed by atoms with van der Waals surface area (Å²) >= 11 is 0. The second kappa shape index (κ2) is 13.9. The number of ether oxygens (including phenoxy) is 1. The fourth-order valence-electron chi connectivity index (χ4n) is 5.62. The topological polar surface area (TPSA) is 94.6 Å². The molecule has 0 atom stereocenters. The van der Waals surface area contributed by atoms with Crippen molar-refractivity contribution < 1.29 is 14.1 Å². The fraction of sp³-hybridized carbons (Fsp3) is 0.500. The van der Waals surface area contributed by atoms with Gasteiger partial charge in [-0.3, -0.25) is 0 Å². The molecule has 0 unspecified atom stereocenters. The van der Waals surface area contributed by atoms with E-state index in [2.05, 4.69) is 75.7 Å². The molecule has 42 heavy (non-hydrogen) atoms. The molecule has 8 heteroatoms. The number of nitriles is 1. The summed E-state index contributed by atoms with van der Waals surface area (Å²) in [7, 11) is 0. The Hall–Kier alpha value is -3.83. The standard InChI is InChI=1S/C34H45N5O3/c1-24-9-12-29(32-25(2)37-42-26(32)3)22-31(24)39(30-13-10-27(11-14-30)8-7-17-35)23-28-15-19-38(20-16-28)21-18-36-33(40)41-34(4,5)6/h9-14,22,28H,7-8,15-16,18-21,23H2,1-6H3,(H,36,40). The number of piperidine rings is 1. The summed E-state index contributed by atoms with van der Waals surface area (Å²) in [5.41, 5.74) is 7.28. The number of nitrogens with zero attached hydrogens (tertiary/aromatic N) is 4. The molecule has 2 aromatic carbocycles. The molecule has 1 fully saturated rings. The van der Waals surface area contributed by atoms with E-state index < -0.39 is 5.60 Å². The highest BCUT2D eigenvalue weighted by Gasteiger charge is 2.24. The maximum Gasteiger partial charge on any atom is 0.407 e. The first-order chi connectivity index (χ1) is 20.0. The molecule has 2 heterocycles. The van der Waals surface area contributed by atoms with Crippen LogP contribution in [0, 0.1) is 38.0 Å². The van der Waals surface area contributed by atoms with Gasteiger partial charge in [-0.1, -0.05) is 29.4 Å². The van der Waals surface area contributed by atoms with Crippen molar-refractivity contribution in [1.82, 2.24) is 15.4 Å². The summed E-state index contributed by atoms with van der Waals surface area (Å²) in [5, 5.41) is 16.1. The molecule has 1 saturated heterocycles. The maximum absolute atomic E-state index is 12.0. The van der Waals surface area contributed by atoms with E-state index in [0.717, 1.165) is 73.7 Å². The van der Waals surface area contributed by atoms with Gasteiger partial charge in [-0.15, -0.1) is 0 Å². The van der Waals surface area contributed by atoms with Crippen LogP contribution in [-0.4, -0.2) is 54.5 Å². The van der Waals surface area contributed by atoms with Gasteiger partial charge in [0.25, 0.3) is 0 Å². The van der Waals surface area contributed by atoms with E-state index in [1.54, 1.807) is 0 Å². The van der Waals surface area contributed by atoms with Crippen LogP contribution >= 0.6 is 0 Å². The minimum atomic E-state index is -0.490. The Morgan fingerprint density at radius 3 is 2.48 bits per heavy atom. The molecule has 224 valence electrons. The predicted molar refractivity (Wildman–Crippen MR) is 167 cm³/mol. The molecule has 0 bridgehead atoms. The van der Waals surface area contributed by atoms with E-state index in [1.165, 1.54) is 16.8 Å². The van der Waals surface area contributed by atoms with Gasteiger partial charge < -0.3 is 24.4 Å². The molecule has 8 nitrogen and oxygen atoms in total. The smallest absolute Gasteiger partial charge is 0.407 e. The minimum Gasteiger partial charge on any atom is -0.444 e. The number of carbonyl (C=O) groups excluding carboxylic acids is 1. The molecule has 0 saturated carbocycles. The van der Waals surface area contributed by atoms with Gasteiger partial charge in [-0.05, 0) is 115 Å². The molecule has 1 aliphatic rings. The van der Waals surface area contributed by atoms with Crippen molar-refractivity contribution in [3.63, 3.8) is 0 Å². The van der Waals surface area contributed by atoms with Crippen LogP contribution in [0.25, 0.3) is 11.1 Å². The normalized spacial score (nSPS) is 14.4. The fourth-order valence-corrected chi connectivity index (χ4v) is 5.62. The van der Waals surface area contributed by atoms with Gasteiger partial charge in [0, 0.05) is 43.0 Å². The Kier molecular flexibility index (Phi) is 10.3. The molecule has 0 spiro atoms. The minimum absolute atomic E-state index is 0.360. The van der Waals surface area contributed by atoms with Crippen molar-refractivity contribution in [3.05, 3.63) is 65.0 Å². The molecule has 1 N–H and O–H groups in total. The van der Waals surface area contributed by atoms with Gasteiger partial charge in [0.2, 0.25) is 0 Å². The largest absolute Gasteiger partial charge is 0.444 e. The maximum atomic E-state index is 12.0. The highest BCUT2D eigenvalue weighted by Crippen LogP contribution is 2.36. The quantitative estimate of drug-likeness (QED) is 0.277. The number of benzene rings is 2. The van der Waals surface area contributed by atoms with E-state index in [4.69, 9.17) is 14.5 Å². The molecular weight excluding hydrogens is 526 g/mol. The van der Waals surface area contributed by atoms with E-state index in [-0.39, 0.29) is 6.09 Å². The van der Waals surface area contributed by atoms with E-state index >= 15 is 0 Å². The first kappa shape index (κ1) is 31.1. The molecule has 1 aliphatic heterocycles. The number of likely N-dealkylation sites (tertiary alicyclic amines) is 1. The third-order valence-electron chi connectivity index (χ3n) is 7.84. The lowest BCUT2D eigenvalue weighted by atomic mass is 9.94. The number of anilines is 2. The summed E-state index contributed by atoms with van der Waals surface area (Å²) in [6, 6.07) is 17.5. The predicted octanol–water partition coefficient (Wildman–Crippen LogP) is 7.10. The number of aryl methyl sites for hydroxylation is 4. The molecule has 0 aliphatic carbocycles. The van der Waals surface area contributed by atoms with Crippen molar-refractivity contribution in [3.8, 4) is 17.2 Å². The Bertz CT molecular complexity index is 1360. The average Bonchev–Trinajstić information content (AvgIpc) is 3.29. The zero-order chi connectivity index (χ0) is 30.3. The number of carbonyl (C=O) groups is 1. The van der Waals surface area contributed by atoms with E-state index in [9.17, 15) is 4.79 Å². The Labute approximate surface area is 250 Å². The third-order valence-corrected chi connectivity index (χ3v) is 7.84. The zero-order valence-corrected chi connectivity index (χ0v) is 26.0. The number of alkyl carbamates (subject to hydrolysis) is 1. The second-order valence-corrected chi connectivity index (χ2v) is 12.3. The highest BCUT2D eigenvalue weighted by molar-refractivity contribution is 5.76. The van der Waals surface area contributed by atoms with Gasteiger partial charge in [0.1, 0.15) is 11.4 Å². The van der Waals surface area contributed by atoms with Gasteiger partial charge in [-0.2, -0.15) is 5.26 Å². The van der Waals surface area contributed by atoms with Crippen molar-refractivity contribution in [1.29, 1.82) is 5.26 Å². The molecule has 3 aromatic rings. The highest BCUT2D eigenvalue weighted by atomic mass is 16.6. The van der Waals surface area contributed by atoms with Crippen molar-refractivity contribution >= 4 is 17.5 Å². The Balaban J connectivity index is 1.48. The van der Waals surface area contributed by atoms with Gasteiger partial charge in [0.15, 0.2) is 0 Å². The zero-order valence-electron chi connectivity index (χ0n) is 26.0. The molecule has 1 amide bonds. The summed E-state index contributed by atoms with van der Waals surface area (Å²) in [6.45, 7) is 16.0. The molecular formula is C34H45N5O3. The molecule has 1 aromatic heterocycles. The van der Waals surface area contributed by atoms with Crippen LogP contribution in [-0.2, 0) is 11.2 Å². The lowest BCUT2D eigenvalue weighted by Gasteiger charge is -2.36. The van der Waals surface area contributed by atoms with Crippen molar-refractivity contribution in [2.75, 3.05) is 37.6 Å². The van der Waals surface area contributed by atoms with Crippen LogP contribution < -0.4 is 10.2 Å². The van der Waals surface area contributed by atoms with E-state index in [1.807, 2.05) is 34.6 Å². The lowest BCUT2D eigenvalue weighted by molar-refractivity contribution is 0.0519. The van der Waals surface area contributed by atoms with Gasteiger partial charge >= 0.3 is 6.09 Å². The molecule has 0 radical (unpaired) electrons. The first-order valence-electron chi connectivity index (χ1n) is 15.0. The second-order valence-electron chi connectivity index (χ2n) is 12.3. The van der Waals surface area contributed by atoms with Crippen LogP contribution in [0.15, 0.2) is 47.0 Å². The Morgan fingerprint density at radius 1 is 1.14 bits per heavy atom. The van der Waals surface area contributed by atoms with Crippen LogP contribution in [0.2, 0.25) is 0 Å². The SMILES string of the molecule is Cc1ccc(-c2c(C)noc2C)cc1N(CC1CCN(CCNC(=O)OC(C)(C)C)CC1)c1ccc(CCC#N)cc1. The number of nitrogens with one attached hydrogen (secondary N) is 1. The number of amides is 1. The molecule has 4 rings (SSSR count). The lowest BCUT2D eigenvalue weighted by Crippen LogP contribution is -2.42. The third kappa shape index (κ3) is 8.36. The number of hydrogen-bond donors (Lipinski definition) is 1. The van der Waals surface area contributed by atoms with Crippen LogP contribution in [0.4, 0.5) is 16.2 Å². The van der Waals surface area contributed by atoms with Crippen LogP contribution in [0.5, 0.6) is 0 Å². The monoisotopic (exact) mass is 571 g/mol. The van der Waals surface area contributed by atoms with Gasteiger partial charge in [-0.25, -0.2) is 4.79 Å². The number of hydrogen-bond acceptors (Lipinski definition) is 7. The van der Waals surface area contributed by atoms with Crippen LogP contribution in [0.3, 0.4) is 0 Å². The Morgan fingerprint density at radius 2 is 1.86 bits per heavy atom. The summed E-state index contributed by atoms with van der Waals surface area (Å²) < 4.78 is 10.8. The number of rotatable bonds is 10. The van der Waals surface area contributed by atoms with E-state index in [0.29, 0.717) is 18.9 Å². The first-order valence-corrected chi connectivity index (χ1v) is 15.0.